The van der Waals surface area contributed by atoms with Gasteiger partial charge in [0.2, 0.25) is 0 Å². The SMILES string of the molecule is CCC(CC(c1ccccc1)c1c(O)sc2ccccc2c1=O)=NNc1ccccc1. The number of hydrazone groups is 1. The van der Waals surface area contributed by atoms with Gasteiger partial charge in [-0.25, -0.2) is 0 Å². The Morgan fingerprint density at radius 3 is 2.32 bits per heavy atom. The molecule has 0 saturated heterocycles. The predicted octanol–water partition coefficient (Wildman–Crippen LogP) is 6.37. The maximum Gasteiger partial charge on any atom is 0.195 e. The van der Waals surface area contributed by atoms with Gasteiger partial charge in [-0.2, -0.15) is 5.10 Å². The van der Waals surface area contributed by atoms with Gasteiger partial charge in [0.15, 0.2) is 10.5 Å². The van der Waals surface area contributed by atoms with Gasteiger partial charge in [0.1, 0.15) is 0 Å². The average Bonchev–Trinajstić information content (AvgIpc) is 2.82. The highest BCUT2D eigenvalue weighted by Gasteiger charge is 2.24. The third-order valence-electron chi connectivity index (χ3n) is 5.33. The molecule has 4 nitrogen and oxygen atoms in total. The van der Waals surface area contributed by atoms with Gasteiger partial charge < -0.3 is 5.11 Å². The Morgan fingerprint density at radius 1 is 0.968 bits per heavy atom. The van der Waals surface area contributed by atoms with Crippen molar-refractivity contribution in [3.8, 4) is 5.06 Å². The Kier molecular flexibility index (Phi) is 6.43. The van der Waals surface area contributed by atoms with Crippen molar-refractivity contribution in [3.05, 3.63) is 106 Å². The number of anilines is 1. The van der Waals surface area contributed by atoms with Gasteiger partial charge in [-0.15, -0.1) is 0 Å². The summed E-state index contributed by atoms with van der Waals surface area (Å²) in [6.45, 7) is 2.05. The molecule has 31 heavy (non-hydrogen) atoms. The van der Waals surface area contributed by atoms with E-state index in [2.05, 4.69) is 17.5 Å². The van der Waals surface area contributed by atoms with E-state index in [1.54, 1.807) is 0 Å². The van der Waals surface area contributed by atoms with Crippen LogP contribution in [0.1, 0.15) is 36.8 Å². The molecule has 156 valence electrons. The van der Waals surface area contributed by atoms with Gasteiger partial charge in [0.05, 0.1) is 11.3 Å². The van der Waals surface area contributed by atoms with Crippen LogP contribution < -0.4 is 10.9 Å². The highest BCUT2D eigenvalue weighted by molar-refractivity contribution is 7.20. The lowest BCUT2D eigenvalue weighted by Gasteiger charge is -2.19. The Hall–Kier alpha value is -3.44. The van der Waals surface area contributed by atoms with Crippen molar-refractivity contribution >= 4 is 32.8 Å². The van der Waals surface area contributed by atoms with Crippen LogP contribution in [0.3, 0.4) is 0 Å². The van der Waals surface area contributed by atoms with E-state index in [0.717, 1.165) is 28.1 Å². The van der Waals surface area contributed by atoms with Crippen LogP contribution in [0.2, 0.25) is 0 Å². The standard InChI is InChI=1S/C26H24N2O2S/c1-2-19(27-28-20-13-7-4-8-14-20)17-22(18-11-5-3-6-12-18)24-25(29)21-15-9-10-16-23(21)31-26(24)30/h3-16,22,28,30H,2,17H2,1H3. The Bertz CT molecular complexity index is 1250. The van der Waals surface area contributed by atoms with E-state index in [4.69, 9.17) is 0 Å². The van der Waals surface area contributed by atoms with E-state index in [1.807, 2.05) is 84.9 Å². The minimum absolute atomic E-state index is 0.0732. The number of nitrogens with one attached hydrogen (secondary N) is 1. The van der Waals surface area contributed by atoms with E-state index >= 15 is 0 Å². The minimum atomic E-state index is -0.286. The van der Waals surface area contributed by atoms with E-state index in [-0.39, 0.29) is 16.4 Å². The predicted molar refractivity (Wildman–Crippen MR) is 130 cm³/mol. The van der Waals surface area contributed by atoms with Gasteiger partial charge in [-0.1, -0.05) is 78.9 Å². The second-order valence-electron chi connectivity index (χ2n) is 7.32. The molecule has 0 aliphatic heterocycles. The normalized spacial score (nSPS) is 12.6. The molecule has 0 bridgehead atoms. The second-order valence-corrected chi connectivity index (χ2v) is 8.35. The van der Waals surface area contributed by atoms with Crippen LogP contribution in [0.15, 0.2) is 94.8 Å². The topological polar surface area (TPSA) is 61.7 Å². The van der Waals surface area contributed by atoms with Gasteiger partial charge in [0.25, 0.3) is 0 Å². The van der Waals surface area contributed by atoms with Crippen LogP contribution >= 0.6 is 11.3 Å². The van der Waals surface area contributed by atoms with Gasteiger partial charge in [-0.3, -0.25) is 10.2 Å². The molecule has 5 heteroatoms. The molecule has 0 saturated carbocycles. The summed E-state index contributed by atoms with van der Waals surface area (Å²) in [5, 5.41) is 16.2. The van der Waals surface area contributed by atoms with E-state index < -0.39 is 0 Å². The maximum absolute atomic E-state index is 13.4. The largest absolute Gasteiger partial charge is 0.499 e. The van der Waals surface area contributed by atoms with Gasteiger partial charge in [-0.05, 0) is 42.7 Å². The van der Waals surface area contributed by atoms with E-state index in [0.29, 0.717) is 17.4 Å². The Morgan fingerprint density at radius 2 is 1.61 bits per heavy atom. The van der Waals surface area contributed by atoms with Gasteiger partial charge >= 0.3 is 0 Å². The van der Waals surface area contributed by atoms with E-state index in [1.165, 1.54) is 11.3 Å². The molecular formula is C26H24N2O2S. The molecule has 0 amide bonds. The number of aromatic hydroxyl groups is 1. The van der Waals surface area contributed by atoms with Crippen LogP contribution in [0, 0.1) is 0 Å². The van der Waals surface area contributed by atoms with Gasteiger partial charge in [0, 0.05) is 21.7 Å². The zero-order valence-corrected chi connectivity index (χ0v) is 18.1. The number of benzene rings is 3. The first kappa shape index (κ1) is 20.8. The molecule has 0 aliphatic carbocycles. The van der Waals surface area contributed by atoms with E-state index in [9.17, 15) is 9.90 Å². The zero-order valence-electron chi connectivity index (χ0n) is 17.3. The Labute approximate surface area is 185 Å². The fourth-order valence-corrected chi connectivity index (χ4v) is 4.66. The summed E-state index contributed by atoms with van der Waals surface area (Å²) < 4.78 is 0.788. The van der Waals surface area contributed by atoms with Crippen molar-refractivity contribution < 1.29 is 5.11 Å². The molecule has 0 spiro atoms. The van der Waals surface area contributed by atoms with Crippen molar-refractivity contribution in [1.29, 1.82) is 0 Å². The molecule has 0 fully saturated rings. The highest BCUT2D eigenvalue weighted by atomic mass is 32.1. The first-order valence-corrected chi connectivity index (χ1v) is 11.1. The summed E-state index contributed by atoms with van der Waals surface area (Å²) in [5.74, 6) is -0.286. The lowest BCUT2D eigenvalue weighted by atomic mass is 9.86. The lowest BCUT2D eigenvalue weighted by molar-refractivity contribution is 0.479. The van der Waals surface area contributed by atoms with Crippen LogP contribution in [-0.2, 0) is 0 Å². The third kappa shape index (κ3) is 4.67. The first-order valence-electron chi connectivity index (χ1n) is 10.3. The summed E-state index contributed by atoms with van der Waals surface area (Å²) in [6.07, 6.45) is 1.27. The molecule has 4 aromatic rings. The average molecular weight is 429 g/mol. The number of hydrogen-bond donors (Lipinski definition) is 2. The van der Waals surface area contributed by atoms with Crippen molar-refractivity contribution in [3.63, 3.8) is 0 Å². The van der Waals surface area contributed by atoms with Crippen LogP contribution in [-0.4, -0.2) is 10.8 Å². The summed E-state index contributed by atoms with van der Waals surface area (Å²) >= 11 is 1.25. The molecule has 3 aromatic carbocycles. The second kappa shape index (κ2) is 9.58. The molecule has 2 N–H and O–H groups in total. The summed E-state index contributed by atoms with van der Waals surface area (Å²) in [6, 6.07) is 27.1. The summed E-state index contributed by atoms with van der Waals surface area (Å²) in [5.41, 5.74) is 6.25. The molecule has 0 radical (unpaired) electrons. The number of nitrogens with zero attached hydrogens (tertiary/aromatic N) is 1. The third-order valence-corrected chi connectivity index (χ3v) is 6.32. The summed E-state index contributed by atoms with van der Waals surface area (Å²) in [7, 11) is 0. The van der Waals surface area contributed by atoms with Crippen LogP contribution in [0.4, 0.5) is 5.69 Å². The molecular weight excluding hydrogens is 404 g/mol. The van der Waals surface area contributed by atoms with Crippen LogP contribution in [0.5, 0.6) is 5.06 Å². The quantitative estimate of drug-likeness (QED) is 0.266. The molecule has 1 unspecified atom stereocenters. The lowest BCUT2D eigenvalue weighted by Crippen LogP contribution is -2.18. The highest BCUT2D eigenvalue weighted by Crippen LogP contribution is 2.37. The number of fused-ring (bicyclic) bond motifs is 1. The number of rotatable bonds is 7. The van der Waals surface area contributed by atoms with Crippen LogP contribution in [0.25, 0.3) is 10.1 Å². The number of para-hydroxylation sites is 1. The maximum atomic E-state index is 13.4. The fourth-order valence-electron chi connectivity index (χ4n) is 3.68. The fraction of sp³-hybridized carbons (Fsp3) is 0.154. The van der Waals surface area contributed by atoms with Crippen molar-refractivity contribution in [1.82, 2.24) is 0 Å². The summed E-state index contributed by atoms with van der Waals surface area (Å²) in [4.78, 5) is 13.4. The van der Waals surface area contributed by atoms with Crippen molar-refractivity contribution in [2.24, 2.45) is 5.10 Å². The number of hydrogen-bond acceptors (Lipinski definition) is 5. The molecule has 0 aliphatic rings. The monoisotopic (exact) mass is 428 g/mol. The smallest absolute Gasteiger partial charge is 0.195 e. The zero-order chi connectivity index (χ0) is 21.6. The van der Waals surface area contributed by atoms with Crippen molar-refractivity contribution in [2.75, 3.05) is 5.43 Å². The molecule has 1 atom stereocenters. The van der Waals surface area contributed by atoms with Crippen molar-refractivity contribution in [2.45, 2.75) is 25.7 Å². The minimum Gasteiger partial charge on any atom is -0.499 e. The molecule has 4 rings (SSSR count). The first-order chi connectivity index (χ1) is 15.2. The Balaban J connectivity index is 1.77. The molecule has 1 heterocycles. The molecule has 1 aromatic heterocycles.